The van der Waals surface area contributed by atoms with Crippen LogP contribution in [0.1, 0.15) is 25.3 Å². The lowest BCUT2D eigenvalue weighted by molar-refractivity contribution is 0.873. The summed E-state index contributed by atoms with van der Waals surface area (Å²) in [5.41, 5.74) is 9.13. The molecule has 0 atom stereocenters. The maximum atomic E-state index is 5.87. The van der Waals surface area contributed by atoms with Crippen LogP contribution in [0.4, 0.5) is 5.82 Å². The molecule has 0 spiro atoms. The highest BCUT2D eigenvalue weighted by Crippen LogP contribution is 2.31. The van der Waals surface area contributed by atoms with Crippen LogP contribution in [0.5, 0.6) is 0 Å². The fourth-order valence-electron chi connectivity index (χ4n) is 1.79. The number of anilines is 1. The highest BCUT2D eigenvalue weighted by Gasteiger charge is 2.15. The molecule has 0 bridgehead atoms. The molecule has 1 aromatic heterocycles. The lowest BCUT2D eigenvalue weighted by Crippen LogP contribution is -1.95. The van der Waals surface area contributed by atoms with Gasteiger partial charge in [0.05, 0.1) is 5.69 Å². The van der Waals surface area contributed by atoms with E-state index in [0.717, 1.165) is 16.8 Å². The molecule has 0 aliphatic heterocycles. The Kier molecular flexibility index (Phi) is 3.18. The van der Waals surface area contributed by atoms with Gasteiger partial charge in [0.2, 0.25) is 0 Å². The number of rotatable bonds is 2. The Morgan fingerprint density at radius 3 is 2.44 bits per heavy atom. The van der Waals surface area contributed by atoms with Crippen molar-refractivity contribution in [2.24, 2.45) is 0 Å². The number of H-pyrrole nitrogens is 1. The first kappa shape index (κ1) is 11.4. The second kappa shape index (κ2) is 4.45. The average molecular weight is 327 g/mol. The van der Waals surface area contributed by atoms with E-state index in [2.05, 4.69) is 70.9 Å². The second-order valence-corrected chi connectivity index (χ2v) is 5.30. The van der Waals surface area contributed by atoms with Crippen LogP contribution in [0, 0.1) is 3.57 Å². The van der Waals surface area contributed by atoms with Gasteiger partial charge in [0.1, 0.15) is 5.82 Å². The highest BCUT2D eigenvalue weighted by atomic mass is 127. The molecular weight excluding hydrogens is 313 g/mol. The smallest absolute Gasteiger partial charge is 0.149 e. The predicted molar refractivity (Wildman–Crippen MR) is 75.2 cm³/mol. The van der Waals surface area contributed by atoms with Crippen LogP contribution in [-0.4, -0.2) is 10.2 Å². The Hall–Kier alpha value is -1.04. The van der Waals surface area contributed by atoms with Crippen molar-refractivity contribution in [1.82, 2.24) is 10.2 Å². The van der Waals surface area contributed by atoms with Crippen molar-refractivity contribution in [3.8, 4) is 11.3 Å². The van der Waals surface area contributed by atoms with Gasteiger partial charge in [-0.25, -0.2) is 0 Å². The van der Waals surface area contributed by atoms with E-state index in [9.17, 15) is 0 Å². The van der Waals surface area contributed by atoms with Crippen LogP contribution in [0.2, 0.25) is 0 Å². The molecule has 0 saturated heterocycles. The molecule has 84 valence electrons. The predicted octanol–water partition coefficient (Wildman–Crippen LogP) is 3.39. The zero-order valence-electron chi connectivity index (χ0n) is 9.29. The van der Waals surface area contributed by atoms with E-state index in [0.29, 0.717) is 11.7 Å². The van der Waals surface area contributed by atoms with Crippen LogP contribution in [0.3, 0.4) is 0 Å². The van der Waals surface area contributed by atoms with Crippen molar-refractivity contribution in [2.75, 3.05) is 5.73 Å². The molecule has 2 aromatic rings. The van der Waals surface area contributed by atoms with Gasteiger partial charge >= 0.3 is 0 Å². The number of nitrogen functional groups attached to an aromatic ring is 1. The maximum Gasteiger partial charge on any atom is 0.149 e. The lowest BCUT2D eigenvalue weighted by atomic mass is 9.99. The van der Waals surface area contributed by atoms with E-state index >= 15 is 0 Å². The first-order chi connectivity index (χ1) is 7.59. The molecule has 0 aliphatic rings. The highest BCUT2D eigenvalue weighted by molar-refractivity contribution is 14.1. The molecule has 3 nitrogen and oxygen atoms in total. The summed E-state index contributed by atoms with van der Waals surface area (Å²) in [5, 5.41) is 7.10. The number of nitrogens with one attached hydrogen (secondary N) is 1. The summed E-state index contributed by atoms with van der Waals surface area (Å²) in [6, 6.07) is 8.33. The van der Waals surface area contributed by atoms with E-state index in [1.165, 1.54) is 3.57 Å². The Morgan fingerprint density at radius 2 is 1.88 bits per heavy atom. The molecule has 0 radical (unpaired) electrons. The molecule has 0 unspecified atom stereocenters. The molecule has 1 heterocycles. The zero-order valence-corrected chi connectivity index (χ0v) is 11.4. The first-order valence-corrected chi connectivity index (χ1v) is 6.27. The van der Waals surface area contributed by atoms with E-state index in [4.69, 9.17) is 5.73 Å². The fourth-order valence-corrected chi connectivity index (χ4v) is 2.15. The van der Waals surface area contributed by atoms with E-state index in [-0.39, 0.29) is 0 Å². The van der Waals surface area contributed by atoms with Crippen molar-refractivity contribution in [1.29, 1.82) is 0 Å². The molecule has 0 fully saturated rings. The Labute approximate surface area is 109 Å². The summed E-state index contributed by atoms with van der Waals surface area (Å²) < 4.78 is 1.22. The fraction of sp³-hybridized carbons (Fsp3) is 0.250. The number of nitrogens with zero attached hydrogens (tertiary/aromatic N) is 1. The number of aromatic nitrogens is 2. The molecule has 0 saturated carbocycles. The van der Waals surface area contributed by atoms with Crippen molar-refractivity contribution in [3.05, 3.63) is 33.4 Å². The molecule has 0 aliphatic carbocycles. The SMILES string of the molecule is CC(C)c1c(N)n[nH]c1-c1ccc(I)cc1. The molecule has 16 heavy (non-hydrogen) atoms. The molecule has 2 rings (SSSR count). The third kappa shape index (κ3) is 2.07. The molecular formula is C12H14IN3. The van der Waals surface area contributed by atoms with Crippen LogP contribution < -0.4 is 5.73 Å². The Morgan fingerprint density at radius 1 is 1.25 bits per heavy atom. The van der Waals surface area contributed by atoms with Gasteiger partial charge < -0.3 is 5.73 Å². The zero-order chi connectivity index (χ0) is 11.7. The third-order valence-electron chi connectivity index (χ3n) is 2.54. The topological polar surface area (TPSA) is 54.7 Å². The van der Waals surface area contributed by atoms with Crippen molar-refractivity contribution in [2.45, 2.75) is 19.8 Å². The second-order valence-electron chi connectivity index (χ2n) is 4.06. The summed E-state index contributed by atoms with van der Waals surface area (Å²) >= 11 is 2.29. The normalized spacial score (nSPS) is 11.0. The molecule has 4 heteroatoms. The summed E-state index contributed by atoms with van der Waals surface area (Å²) in [5.74, 6) is 0.969. The quantitative estimate of drug-likeness (QED) is 0.831. The molecule has 0 amide bonds. The number of halogens is 1. The van der Waals surface area contributed by atoms with Gasteiger partial charge in [0.15, 0.2) is 0 Å². The van der Waals surface area contributed by atoms with E-state index < -0.39 is 0 Å². The van der Waals surface area contributed by atoms with Crippen LogP contribution in [-0.2, 0) is 0 Å². The van der Waals surface area contributed by atoms with Crippen molar-refractivity contribution >= 4 is 28.4 Å². The van der Waals surface area contributed by atoms with E-state index in [1.54, 1.807) is 0 Å². The van der Waals surface area contributed by atoms with Gasteiger partial charge in [-0.1, -0.05) is 26.0 Å². The van der Waals surface area contributed by atoms with Gasteiger partial charge in [-0.05, 0) is 46.2 Å². The average Bonchev–Trinajstić information content (AvgIpc) is 2.61. The van der Waals surface area contributed by atoms with Gasteiger partial charge in [0.25, 0.3) is 0 Å². The van der Waals surface area contributed by atoms with E-state index in [1.807, 2.05) is 0 Å². The Balaban J connectivity index is 2.52. The number of hydrogen-bond donors (Lipinski definition) is 2. The number of aromatic amines is 1. The Bertz CT molecular complexity index is 485. The first-order valence-electron chi connectivity index (χ1n) is 5.19. The van der Waals surface area contributed by atoms with Crippen LogP contribution in [0.15, 0.2) is 24.3 Å². The van der Waals surface area contributed by atoms with Gasteiger partial charge in [-0.3, -0.25) is 5.10 Å². The van der Waals surface area contributed by atoms with Gasteiger partial charge in [-0.2, -0.15) is 5.10 Å². The van der Waals surface area contributed by atoms with Crippen LogP contribution >= 0.6 is 22.6 Å². The standard InChI is InChI=1S/C12H14IN3/c1-7(2)10-11(15-16-12(10)14)8-3-5-9(13)6-4-8/h3-7H,1-2H3,(H3,14,15,16). The van der Waals surface area contributed by atoms with Crippen molar-refractivity contribution < 1.29 is 0 Å². The van der Waals surface area contributed by atoms with Crippen LogP contribution in [0.25, 0.3) is 11.3 Å². The van der Waals surface area contributed by atoms with Gasteiger partial charge in [0, 0.05) is 9.13 Å². The summed E-state index contributed by atoms with van der Waals surface area (Å²) in [6.07, 6.45) is 0. The summed E-state index contributed by atoms with van der Waals surface area (Å²) in [6.45, 7) is 4.24. The minimum absolute atomic E-state index is 0.369. The monoisotopic (exact) mass is 327 g/mol. The van der Waals surface area contributed by atoms with Crippen molar-refractivity contribution in [3.63, 3.8) is 0 Å². The number of nitrogens with two attached hydrogens (primary N) is 1. The maximum absolute atomic E-state index is 5.87. The lowest BCUT2D eigenvalue weighted by Gasteiger charge is -2.07. The minimum atomic E-state index is 0.369. The third-order valence-corrected chi connectivity index (χ3v) is 3.26. The number of benzene rings is 1. The minimum Gasteiger partial charge on any atom is -0.382 e. The summed E-state index contributed by atoms with van der Waals surface area (Å²) in [7, 11) is 0. The number of hydrogen-bond acceptors (Lipinski definition) is 2. The van der Waals surface area contributed by atoms with Gasteiger partial charge in [-0.15, -0.1) is 0 Å². The summed E-state index contributed by atoms with van der Waals surface area (Å²) in [4.78, 5) is 0. The molecule has 3 N–H and O–H groups in total. The molecule has 1 aromatic carbocycles. The largest absolute Gasteiger partial charge is 0.382 e.